The Hall–Kier alpha value is -0.900. The highest BCUT2D eigenvalue weighted by Crippen LogP contribution is 2.23. The van der Waals surface area contributed by atoms with Crippen molar-refractivity contribution in [2.45, 2.75) is 25.3 Å². The molecule has 1 unspecified atom stereocenters. The van der Waals surface area contributed by atoms with Gasteiger partial charge in [0.05, 0.1) is 4.34 Å². The minimum Gasteiger partial charge on any atom is -0.317 e. The fourth-order valence-corrected chi connectivity index (χ4v) is 3.11. The van der Waals surface area contributed by atoms with E-state index < -0.39 is 0 Å². The summed E-state index contributed by atoms with van der Waals surface area (Å²) in [6.07, 6.45) is 6.94. The summed E-state index contributed by atoms with van der Waals surface area (Å²) in [6.45, 7) is 0. The SMILES string of the molecule is CNC(CCc1ccncc1)Cc1ccc(Cl)s1. The van der Waals surface area contributed by atoms with E-state index in [4.69, 9.17) is 11.6 Å². The summed E-state index contributed by atoms with van der Waals surface area (Å²) >= 11 is 7.62. The molecule has 4 heteroatoms. The fourth-order valence-electron chi connectivity index (χ4n) is 1.94. The van der Waals surface area contributed by atoms with E-state index in [0.29, 0.717) is 6.04 Å². The number of thiophene rings is 1. The second-order valence-corrected chi connectivity index (χ2v) is 6.09. The molecule has 0 aliphatic heterocycles. The molecule has 0 saturated carbocycles. The van der Waals surface area contributed by atoms with Gasteiger partial charge in [-0.3, -0.25) is 4.98 Å². The van der Waals surface area contributed by atoms with Gasteiger partial charge in [0.15, 0.2) is 0 Å². The van der Waals surface area contributed by atoms with E-state index in [1.807, 2.05) is 25.5 Å². The van der Waals surface area contributed by atoms with Crippen molar-refractivity contribution in [3.8, 4) is 0 Å². The van der Waals surface area contributed by atoms with E-state index in [2.05, 4.69) is 28.5 Å². The molecule has 2 aromatic rings. The van der Waals surface area contributed by atoms with E-state index in [1.54, 1.807) is 11.3 Å². The molecule has 96 valence electrons. The van der Waals surface area contributed by atoms with Gasteiger partial charge in [0.2, 0.25) is 0 Å². The number of pyridine rings is 1. The van der Waals surface area contributed by atoms with Crippen LogP contribution in [0.5, 0.6) is 0 Å². The van der Waals surface area contributed by atoms with Crippen LogP contribution in [0.25, 0.3) is 0 Å². The zero-order valence-corrected chi connectivity index (χ0v) is 12.0. The van der Waals surface area contributed by atoms with Crippen LogP contribution in [0.3, 0.4) is 0 Å². The molecule has 2 heterocycles. The van der Waals surface area contributed by atoms with Crippen LogP contribution in [0.4, 0.5) is 0 Å². The molecule has 2 aromatic heterocycles. The second-order valence-electron chi connectivity index (χ2n) is 4.29. The van der Waals surface area contributed by atoms with Crippen LogP contribution in [-0.2, 0) is 12.8 Å². The molecule has 1 atom stereocenters. The largest absolute Gasteiger partial charge is 0.317 e. The Bertz CT molecular complexity index is 470. The van der Waals surface area contributed by atoms with Crippen molar-refractivity contribution in [1.29, 1.82) is 0 Å². The molecule has 2 nitrogen and oxygen atoms in total. The molecule has 0 aromatic carbocycles. The number of aromatic nitrogens is 1. The molecule has 2 rings (SSSR count). The number of hydrogen-bond donors (Lipinski definition) is 1. The third-order valence-corrected chi connectivity index (χ3v) is 4.27. The maximum absolute atomic E-state index is 5.95. The lowest BCUT2D eigenvalue weighted by Crippen LogP contribution is -2.27. The predicted molar refractivity (Wildman–Crippen MR) is 78.4 cm³/mol. The lowest BCUT2D eigenvalue weighted by molar-refractivity contribution is 0.523. The Morgan fingerprint density at radius 3 is 2.67 bits per heavy atom. The van der Waals surface area contributed by atoms with Gasteiger partial charge in [0.25, 0.3) is 0 Å². The first-order valence-electron chi connectivity index (χ1n) is 6.08. The Kier molecular flexibility index (Phi) is 5.17. The Labute approximate surface area is 117 Å². The molecule has 0 saturated heterocycles. The number of nitrogens with zero attached hydrogens (tertiary/aromatic N) is 1. The maximum Gasteiger partial charge on any atom is 0.0931 e. The summed E-state index contributed by atoms with van der Waals surface area (Å²) in [4.78, 5) is 5.38. The lowest BCUT2D eigenvalue weighted by atomic mass is 10.0. The average molecular weight is 281 g/mol. The molecular formula is C14H17ClN2S. The van der Waals surface area contributed by atoms with Gasteiger partial charge >= 0.3 is 0 Å². The van der Waals surface area contributed by atoms with Gasteiger partial charge in [-0.2, -0.15) is 0 Å². The summed E-state index contributed by atoms with van der Waals surface area (Å²) in [6, 6.07) is 8.73. The molecule has 0 aliphatic rings. The number of rotatable bonds is 6. The number of hydrogen-bond acceptors (Lipinski definition) is 3. The van der Waals surface area contributed by atoms with E-state index in [1.165, 1.54) is 10.4 Å². The highest BCUT2D eigenvalue weighted by atomic mass is 35.5. The third-order valence-electron chi connectivity index (χ3n) is 3.02. The Morgan fingerprint density at radius 2 is 2.06 bits per heavy atom. The van der Waals surface area contributed by atoms with Crippen molar-refractivity contribution < 1.29 is 0 Å². The van der Waals surface area contributed by atoms with Crippen LogP contribution in [0.2, 0.25) is 4.34 Å². The number of halogens is 1. The van der Waals surface area contributed by atoms with Crippen molar-refractivity contribution in [3.05, 3.63) is 51.4 Å². The smallest absolute Gasteiger partial charge is 0.0931 e. The first-order chi connectivity index (χ1) is 8.78. The van der Waals surface area contributed by atoms with Gasteiger partial charge in [0.1, 0.15) is 0 Å². The average Bonchev–Trinajstić information content (AvgIpc) is 2.81. The molecule has 0 spiro atoms. The molecule has 0 fully saturated rings. The minimum atomic E-state index is 0.493. The van der Waals surface area contributed by atoms with Crippen molar-refractivity contribution in [2.24, 2.45) is 0 Å². The topological polar surface area (TPSA) is 24.9 Å². The zero-order chi connectivity index (χ0) is 12.8. The van der Waals surface area contributed by atoms with Crippen LogP contribution < -0.4 is 5.32 Å². The van der Waals surface area contributed by atoms with Crippen LogP contribution >= 0.6 is 22.9 Å². The van der Waals surface area contributed by atoms with Gasteiger partial charge in [-0.15, -0.1) is 11.3 Å². The number of nitrogens with one attached hydrogen (secondary N) is 1. The van der Waals surface area contributed by atoms with Crippen molar-refractivity contribution in [1.82, 2.24) is 10.3 Å². The normalized spacial score (nSPS) is 12.6. The molecule has 18 heavy (non-hydrogen) atoms. The lowest BCUT2D eigenvalue weighted by Gasteiger charge is -2.15. The monoisotopic (exact) mass is 280 g/mol. The zero-order valence-electron chi connectivity index (χ0n) is 10.4. The van der Waals surface area contributed by atoms with Crippen molar-refractivity contribution in [3.63, 3.8) is 0 Å². The quantitative estimate of drug-likeness (QED) is 0.875. The number of likely N-dealkylation sites (N-methyl/N-ethyl adjacent to an activating group) is 1. The first-order valence-corrected chi connectivity index (χ1v) is 7.28. The highest BCUT2D eigenvalue weighted by molar-refractivity contribution is 7.16. The molecule has 0 amide bonds. The summed E-state index contributed by atoms with van der Waals surface area (Å²) in [5.74, 6) is 0. The Morgan fingerprint density at radius 1 is 1.28 bits per heavy atom. The fraction of sp³-hybridized carbons (Fsp3) is 0.357. The Balaban J connectivity index is 1.86. The van der Waals surface area contributed by atoms with Crippen molar-refractivity contribution in [2.75, 3.05) is 7.05 Å². The standard InChI is InChI=1S/C14H17ClN2S/c1-16-12(10-13-4-5-14(15)18-13)3-2-11-6-8-17-9-7-11/h4-9,12,16H,2-3,10H2,1H3. The number of aryl methyl sites for hydroxylation is 1. The van der Waals surface area contributed by atoms with E-state index in [-0.39, 0.29) is 0 Å². The van der Waals surface area contributed by atoms with E-state index in [9.17, 15) is 0 Å². The van der Waals surface area contributed by atoms with Gasteiger partial charge in [-0.25, -0.2) is 0 Å². The van der Waals surface area contributed by atoms with Crippen LogP contribution in [0.15, 0.2) is 36.7 Å². The maximum atomic E-state index is 5.95. The summed E-state index contributed by atoms with van der Waals surface area (Å²) in [5, 5.41) is 3.38. The molecule has 0 radical (unpaired) electrons. The van der Waals surface area contributed by atoms with Gasteiger partial charge < -0.3 is 5.32 Å². The van der Waals surface area contributed by atoms with E-state index in [0.717, 1.165) is 23.6 Å². The summed E-state index contributed by atoms with van der Waals surface area (Å²) < 4.78 is 0.869. The summed E-state index contributed by atoms with van der Waals surface area (Å²) in [5.41, 5.74) is 1.34. The van der Waals surface area contributed by atoms with Crippen molar-refractivity contribution >= 4 is 22.9 Å². The summed E-state index contributed by atoms with van der Waals surface area (Å²) in [7, 11) is 2.02. The molecule has 1 N–H and O–H groups in total. The van der Waals surface area contributed by atoms with Crippen LogP contribution in [0, 0.1) is 0 Å². The first kappa shape index (κ1) is 13.5. The minimum absolute atomic E-state index is 0.493. The van der Waals surface area contributed by atoms with Gasteiger partial charge in [0, 0.05) is 23.3 Å². The molecule has 0 aliphatic carbocycles. The van der Waals surface area contributed by atoms with Crippen LogP contribution in [-0.4, -0.2) is 18.1 Å². The predicted octanol–water partition coefficient (Wildman–Crippen LogP) is 3.56. The van der Waals surface area contributed by atoms with Gasteiger partial charge in [-0.1, -0.05) is 11.6 Å². The van der Waals surface area contributed by atoms with E-state index >= 15 is 0 Å². The molecule has 0 bridgehead atoms. The highest BCUT2D eigenvalue weighted by Gasteiger charge is 2.09. The third kappa shape index (κ3) is 4.09. The van der Waals surface area contributed by atoms with Gasteiger partial charge in [-0.05, 0) is 56.1 Å². The van der Waals surface area contributed by atoms with Crippen LogP contribution in [0.1, 0.15) is 16.9 Å². The second kappa shape index (κ2) is 6.88. The molecular weight excluding hydrogens is 264 g/mol.